The van der Waals surface area contributed by atoms with Gasteiger partial charge in [-0.2, -0.15) is 0 Å². The van der Waals surface area contributed by atoms with Gasteiger partial charge in [0.1, 0.15) is 5.82 Å². The largest absolute Gasteiger partial charge is 0.307 e. The van der Waals surface area contributed by atoms with E-state index in [2.05, 4.69) is 5.32 Å². The maximum absolute atomic E-state index is 13.7. The van der Waals surface area contributed by atoms with Crippen molar-refractivity contribution in [2.24, 2.45) is 5.92 Å². The quantitative estimate of drug-likeness (QED) is 0.763. The van der Waals surface area contributed by atoms with Crippen LogP contribution in [-0.4, -0.2) is 6.04 Å². The molecule has 1 N–H and O–H groups in total. The van der Waals surface area contributed by atoms with E-state index < -0.39 is 0 Å². The molecular weight excluding hydrogens is 201 g/mol. The second-order valence-electron chi connectivity index (χ2n) is 5.13. The van der Waals surface area contributed by atoms with Crippen LogP contribution in [-0.2, 0) is 0 Å². The van der Waals surface area contributed by atoms with Gasteiger partial charge < -0.3 is 5.32 Å². The summed E-state index contributed by atoms with van der Waals surface area (Å²) in [5.41, 5.74) is 0.858. The highest BCUT2D eigenvalue weighted by Gasteiger charge is 2.36. The van der Waals surface area contributed by atoms with Crippen LogP contribution in [0.2, 0.25) is 0 Å². The van der Waals surface area contributed by atoms with Gasteiger partial charge in [0, 0.05) is 17.6 Å². The Morgan fingerprint density at radius 2 is 1.94 bits per heavy atom. The van der Waals surface area contributed by atoms with E-state index in [-0.39, 0.29) is 11.9 Å². The minimum absolute atomic E-state index is 0.0568. The summed E-state index contributed by atoms with van der Waals surface area (Å²) in [5, 5.41) is 3.61. The van der Waals surface area contributed by atoms with Gasteiger partial charge in [-0.3, -0.25) is 0 Å². The number of nitrogens with one attached hydrogen (secondary N) is 1. The molecule has 16 heavy (non-hydrogen) atoms. The molecule has 1 saturated heterocycles. The van der Waals surface area contributed by atoms with Crippen molar-refractivity contribution in [2.75, 3.05) is 0 Å². The third-order valence-corrected chi connectivity index (χ3v) is 4.14. The second kappa shape index (κ2) is 4.17. The number of fused-ring (bicyclic) bond motifs is 1. The van der Waals surface area contributed by atoms with E-state index in [0.717, 1.165) is 17.9 Å². The average Bonchev–Trinajstić information content (AvgIpc) is 2.73. The molecule has 1 aromatic carbocycles. The van der Waals surface area contributed by atoms with Crippen LogP contribution in [0.5, 0.6) is 0 Å². The Labute approximate surface area is 96.1 Å². The summed E-state index contributed by atoms with van der Waals surface area (Å²) >= 11 is 0. The molecule has 1 aromatic rings. The van der Waals surface area contributed by atoms with E-state index in [1.54, 1.807) is 12.1 Å². The fraction of sp³-hybridized carbons (Fsp3) is 0.571. The van der Waals surface area contributed by atoms with Crippen LogP contribution >= 0.6 is 0 Å². The van der Waals surface area contributed by atoms with Gasteiger partial charge in [0.25, 0.3) is 0 Å². The Bertz CT molecular complexity index is 363. The Hall–Kier alpha value is -0.890. The highest BCUT2D eigenvalue weighted by Crippen LogP contribution is 2.39. The van der Waals surface area contributed by atoms with Crippen LogP contribution in [0.4, 0.5) is 4.39 Å². The molecule has 1 aliphatic carbocycles. The molecule has 0 radical (unpaired) electrons. The molecule has 3 rings (SSSR count). The fourth-order valence-corrected chi connectivity index (χ4v) is 3.31. The SMILES string of the molecule is Fc1ccccc1C1CC2CCCCC2N1. The summed E-state index contributed by atoms with van der Waals surface area (Å²) in [6, 6.07) is 8.07. The molecule has 3 unspecified atom stereocenters. The van der Waals surface area contributed by atoms with Crippen molar-refractivity contribution in [2.45, 2.75) is 44.2 Å². The first-order valence-corrected chi connectivity index (χ1v) is 6.35. The lowest BCUT2D eigenvalue weighted by Gasteiger charge is -2.24. The highest BCUT2D eigenvalue weighted by atomic mass is 19.1. The third-order valence-electron chi connectivity index (χ3n) is 4.14. The molecule has 1 nitrogen and oxygen atoms in total. The Morgan fingerprint density at radius 1 is 1.12 bits per heavy atom. The maximum Gasteiger partial charge on any atom is 0.127 e. The minimum Gasteiger partial charge on any atom is -0.307 e. The first-order valence-electron chi connectivity index (χ1n) is 6.35. The zero-order valence-electron chi connectivity index (χ0n) is 9.45. The number of benzene rings is 1. The van der Waals surface area contributed by atoms with Gasteiger partial charge in [-0.15, -0.1) is 0 Å². The van der Waals surface area contributed by atoms with Gasteiger partial charge >= 0.3 is 0 Å². The first-order chi connectivity index (χ1) is 7.84. The van der Waals surface area contributed by atoms with Crippen molar-refractivity contribution in [3.63, 3.8) is 0 Å². The minimum atomic E-state index is -0.0568. The Morgan fingerprint density at radius 3 is 2.75 bits per heavy atom. The summed E-state index contributed by atoms with van der Waals surface area (Å²) in [7, 11) is 0. The van der Waals surface area contributed by atoms with Crippen LogP contribution in [0, 0.1) is 11.7 Å². The third kappa shape index (κ3) is 1.75. The van der Waals surface area contributed by atoms with E-state index in [1.165, 1.54) is 25.7 Å². The zero-order valence-corrected chi connectivity index (χ0v) is 9.45. The molecule has 1 aliphatic heterocycles. The lowest BCUT2D eigenvalue weighted by atomic mass is 9.84. The van der Waals surface area contributed by atoms with Crippen LogP contribution in [0.25, 0.3) is 0 Å². The van der Waals surface area contributed by atoms with Crippen molar-refractivity contribution in [1.29, 1.82) is 0 Å². The molecule has 0 amide bonds. The van der Waals surface area contributed by atoms with Crippen molar-refractivity contribution >= 4 is 0 Å². The number of hydrogen-bond donors (Lipinski definition) is 1. The normalized spacial score (nSPS) is 33.7. The molecule has 0 spiro atoms. The number of rotatable bonds is 1. The predicted molar refractivity (Wildman–Crippen MR) is 62.6 cm³/mol. The number of hydrogen-bond acceptors (Lipinski definition) is 1. The number of halogens is 1. The zero-order chi connectivity index (χ0) is 11.0. The van der Waals surface area contributed by atoms with Crippen molar-refractivity contribution in [3.05, 3.63) is 35.6 Å². The Kier molecular flexibility index (Phi) is 2.68. The van der Waals surface area contributed by atoms with Gasteiger partial charge in [-0.25, -0.2) is 4.39 Å². The highest BCUT2D eigenvalue weighted by molar-refractivity contribution is 5.23. The van der Waals surface area contributed by atoms with Gasteiger partial charge in [0.05, 0.1) is 0 Å². The standard InChI is InChI=1S/C14H18FN/c15-12-7-3-2-6-11(12)14-9-10-5-1-4-8-13(10)16-14/h2-3,6-7,10,13-14,16H,1,4-5,8-9H2. The van der Waals surface area contributed by atoms with Gasteiger partial charge in [0.2, 0.25) is 0 Å². The van der Waals surface area contributed by atoms with Crippen LogP contribution in [0.15, 0.2) is 24.3 Å². The summed E-state index contributed by atoms with van der Waals surface area (Å²) in [6.45, 7) is 0. The molecule has 1 heterocycles. The van der Waals surface area contributed by atoms with Gasteiger partial charge in [0.15, 0.2) is 0 Å². The molecule has 86 valence electrons. The molecule has 0 bridgehead atoms. The van der Waals surface area contributed by atoms with Crippen LogP contribution in [0.3, 0.4) is 0 Å². The van der Waals surface area contributed by atoms with E-state index in [1.807, 2.05) is 12.1 Å². The monoisotopic (exact) mass is 219 g/mol. The van der Waals surface area contributed by atoms with Gasteiger partial charge in [-0.1, -0.05) is 31.0 Å². The van der Waals surface area contributed by atoms with E-state index in [0.29, 0.717) is 6.04 Å². The second-order valence-corrected chi connectivity index (χ2v) is 5.13. The van der Waals surface area contributed by atoms with Crippen LogP contribution < -0.4 is 5.32 Å². The molecule has 2 fully saturated rings. The molecular formula is C14H18FN. The van der Waals surface area contributed by atoms with E-state index >= 15 is 0 Å². The topological polar surface area (TPSA) is 12.0 Å². The maximum atomic E-state index is 13.7. The van der Waals surface area contributed by atoms with Crippen molar-refractivity contribution in [3.8, 4) is 0 Å². The molecule has 2 aliphatic rings. The summed E-state index contributed by atoms with van der Waals surface area (Å²) in [4.78, 5) is 0. The van der Waals surface area contributed by atoms with Crippen molar-refractivity contribution < 1.29 is 4.39 Å². The fourth-order valence-electron chi connectivity index (χ4n) is 3.31. The first kappa shape index (κ1) is 10.3. The van der Waals surface area contributed by atoms with E-state index in [4.69, 9.17) is 0 Å². The lowest BCUT2D eigenvalue weighted by molar-refractivity contribution is 0.325. The van der Waals surface area contributed by atoms with Crippen molar-refractivity contribution in [1.82, 2.24) is 5.32 Å². The van der Waals surface area contributed by atoms with Crippen LogP contribution in [0.1, 0.15) is 43.7 Å². The summed E-state index contributed by atoms with van der Waals surface area (Å²) < 4.78 is 13.7. The smallest absolute Gasteiger partial charge is 0.127 e. The molecule has 0 aromatic heterocycles. The lowest BCUT2D eigenvalue weighted by Crippen LogP contribution is -2.30. The molecule has 3 atom stereocenters. The van der Waals surface area contributed by atoms with E-state index in [9.17, 15) is 4.39 Å². The predicted octanol–water partition coefficient (Wildman–Crippen LogP) is 3.42. The van der Waals surface area contributed by atoms with Gasteiger partial charge in [-0.05, 0) is 31.2 Å². The Balaban J connectivity index is 1.80. The molecule has 2 heteroatoms. The molecule has 1 saturated carbocycles. The average molecular weight is 219 g/mol. The summed E-state index contributed by atoms with van der Waals surface area (Å²) in [6.07, 6.45) is 6.40. The summed E-state index contributed by atoms with van der Waals surface area (Å²) in [5.74, 6) is 0.719.